The minimum Gasteiger partial charge on any atom is -0.455 e. The monoisotopic (exact) mass is 513 g/mol. The third kappa shape index (κ3) is 5.13. The van der Waals surface area contributed by atoms with Gasteiger partial charge >= 0.3 is 5.69 Å². The summed E-state index contributed by atoms with van der Waals surface area (Å²) < 4.78 is 22.7. The van der Waals surface area contributed by atoms with Crippen LogP contribution in [0.15, 0.2) is 71.7 Å². The van der Waals surface area contributed by atoms with Gasteiger partial charge in [-0.3, -0.25) is 14.3 Å². The fraction of sp³-hybridized carbons (Fsp3) is 0.241. The van der Waals surface area contributed by atoms with Gasteiger partial charge in [0.2, 0.25) is 0 Å². The first-order valence-corrected chi connectivity index (χ1v) is 12.3. The van der Waals surface area contributed by atoms with E-state index in [2.05, 4.69) is 30.7 Å². The highest BCUT2D eigenvalue weighted by molar-refractivity contribution is 5.83. The number of ketones is 1. The Bertz CT molecular complexity index is 1670. The van der Waals surface area contributed by atoms with Crippen molar-refractivity contribution in [3.8, 4) is 17.2 Å². The highest BCUT2D eigenvalue weighted by atomic mass is 19.1. The number of Topliss-reactive ketones (excluding diaryl/α,β-unsaturated/α-hetero) is 1. The van der Waals surface area contributed by atoms with Gasteiger partial charge in [0.15, 0.2) is 11.4 Å². The van der Waals surface area contributed by atoms with Crippen molar-refractivity contribution in [2.24, 2.45) is 7.05 Å². The van der Waals surface area contributed by atoms with Crippen LogP contribution >= 0.6 is 0 Å². The largest absolute Gasteiger partial charge is 0.455 e. The molecule has 194 valence electrons. The zero-order chi connectivity index (χ0) is 27.0. The topological polar surface area (TPSA) is 94.8 Å². The molecule has 0 saturated heterocycles. The Balaban J connectivity index is 1.32. The minimum absolute atomic E-state index is 0.0283. The predicted molar refractivity (Wildman–Crippen MR) is 142 cm³/mol. The van der Waals surface area contributed by atoms with Crippen molar-refractivity contribution in [2.75, 3.05) is 0 Å². The number of halogens is 1. The molecule has 1 N–H and O–H groups in total. The van der Waals surface area contributed by atoms with E-state index in [0.717, 1.165) is 17.0 Å². The van der Waals surface area contributed by atoms with Gasteiger partial charge < -0.3 is 4.74 Å². The lowest BCUT2D eigenvalue weighted by atomic mass is 9.92. The molecule has 5 aromatic rings. The first kappa shape index (κ1) is 25.1. The van der Waals surface area contributed by atoms with E-state index in [1.54, 1.807) is 48.3 Å². The van der Waals surface area contributed by atoms with Crippen LogP contribution in [-0.2, 0) is 30.1 Å². The number of H-pyrrole nitrogens is 1. The summed E-state index contributed by atoms with van der Waals surface area (Å²) in [6.07, 6.45) is 2.00. The van der Waals surface area contributed by atoms with Gasteiger partial charge in [-0.2, -0.15) is 5.10 Å². The number of aryl methyl sites for hydroxylation is 1. The molecule has 0 amide bonds. The second kappa shape index (κ2) is 9.74. The highest BCUT2D eigenvalue weighted by Gasteiger charge is 2.22. The van der Waals surface area contributed by atoms with Crippen LogP contribution in [0.4, 0.5) is 4.39 Å². The van der Waals surface area contributed by atoms with Gasteiger partial charge in [-0.25, -0.2) is 18.9 Å². The van der Waals surface area contributed by atoms with Crippen LogP contribution in [-0.4, -0.2) is 30.1 Å². The molecule has 0 fully saturated rings. The lowest BCUT2D eigenvalue weighted by Crippen LogP contribution is -2.13. The van der Waals surface area contributed by atoms with Crippen LogP contribution in [0, 0.1) is 5.82 Å². The summed E-state index contributed by atoms with van der Waals surface area (Å²) >= 11 is 0. The molecule has 8 nitrogen and oxygen atoms in total. The number of nitrogens with one attached hydrogen (secondary N) is 1. The second-order valence-electron chi connectivity index (χ2n) is 10.3. The molecule has 0 saturated carbocycles. The minimum atomic E-state index is -0.326. The summed E-state index contributed by atoms with van der Waals surface area (Å²) in [6, 6.07) is 17.0. The van der Waals surface area contributed by atoms with Crippen LogP contribution in [0.3, 0.4) is 0 Å². The number of pyridine rings is 1. The number of aromatic amines is 1. The van der Waals surface area contributed by atoms with Crippen LogP contribution < -0.4 is 10.4 Å². The number of hydrogen-bond donors (Lipinski definition) is 1. The number of hydrogen-bond acceptors (Lipinski definition) is 5. The number of carbonyl (C=O) groups excluding carboxylic acids is 1. The van der Waals surface area contributed by atoms with E-state index in [4.69, 9.17) is 9.84 Å². The Labute approximate surface area is 218 Å². The van der Waals surface area contributed by atoms with Crippen LogP contribution in [0.5, 0.6) is 11.5 Å². The molecule has 38 heavy (non-hydrogen) atoms. The third-order valence-corrected chi connectivity index (χ3v) is 6.31. The number of ether oxygens (including phenoxy) is 1. The molecule has 0 atom stereocenters. The maximum Gasteiger partial charge on any atom is 0.327 e. The van der Waals surface area contributed by atoms with Gasteiger partial charge in [0.1, 0.15) is 22.9 Å². The van der Waals surface area contributed by atoms with E-state index in [1.807, 2.05) is 18.2 Å². The number of imidazole rings is 1. The fourth-order valence-corrected chi connectivity index (χ4v) is 4.23. The van der Waals surface area contributed by atoms with Gasteiger partial charge in [-0.05, 0) is 48.0 Å². The standard InChI is InChI=1S/C29H28FN5O3/c1-29(2,3)25-17-21(35(33-25)20-9-7-19(30)8-10-20)16-22(36)15-18-5-11-23(12-6-18)38-24-13-14-31-27-26(24)34(4)28(37)32-27/h5-14,17H,15-16H2,1-4H3,(H,31,32,37). The van der Waals surface area contributed by atoms with Gasteiger partial charge in [0, 0.05) is 37.6 Å². The summed E-state index contributed by atoms with van der Waals surface area (Å²) in [4.78, 5) is 31.9. The highest BCUT2D eigenvalue weighted by Crippen LogP contribution is 2.28. The van der Waals surface area contributed by atoms with Gasteiger partial charge in [0.25, 0.3) is 0 Å². The molecule has 0 unspecified atom stereocenters. The smallest absolute Gasteiger partial charge is 0.327 e. The molecule has 9 heteroatoms. The van der Waals surface area contributed by atoms with Crippen LogP contribution in [0.2, 0.25) is 0 Å². The zero-order valence-electron chi connectivity index (χ0n) is 21.7. The normalized spacial score (nSPS) is 11.7. The number of aromatic nitrogens is 5. The molecule has 0 spiro atoms. The number of rotatable bonds is 7. The van der Waals surface area contributed by atoms with Crippen molar-refractivity contribution in [2.45, 2.75) is 39.0 Å². The first-order chi connectivity index (χ1) is 18.1. The van der Waals surface area contributed by atoms with E-state index in [0.29, 0.717) is 28.4 Å². The quantitative estimate of drug-likeness (QED) is 0.329. The molecule has 0 bridgehead atoms. The summed E-state index contributed by atoms with van der Waals surface area (Å²) in [5.74, 6) is 0.781. The summed E-state index contributed by atoms with van der Waals surface area (Å²) in [7, 11) is 1.65. The van der Waals surface area contributed by atoms with Crippen LogP contribution in [0.1, 0.15) is 37.7 Å². The third-order valence-electron chi connectivity index (χ3n) is 6.31. The molecule has 0 radical (unpaired) electrons. The predicted octanol–water partition coefficient (Wildman–Crippen LogP) is 5.03. The number of fused-ring (bicyclic) bond motifs is 1. The molecule has 5 rings (SSSR count). The molecule has 0 aliphatic heterocycles. The van der Waals surface area contributed by atoms with Crippen molar-refractivity contribution in [1.29, 1.82) is 0 Å². The average Bonchev–Trinajstić information content (AvgIpc) is 3.42. The first-order valence-electron chi connectivity index (χ1n) is 12.3. The van der Waals surface area contributed by atoms with Gasteiger partial charge in [-0.15, -0.1) is 0 Å². The second-order valence-corrected chi connectivity index (χ2v) is 10.3. The molecular formula is C29H28FN5O3. The Hall–Kier alpha value is -4.53. The van der Waals surface area contributed by atoms with E-state index >= 15 is 0 Å². The van der Waals surface area contributed by atoms with Gasteiger partial charge in [-0.1, -0.05) is 32.9 Å². The maximum atomic E-state index is 13.5. The molecule has 0 aliphatic carbocycles. The van der Waals surface area contributed by atoms with Crippen molar-refractivity contribution >= 4 is 16.9 Å². The fourth-order valence-electron chi connectivity index (χ4n) is 4.23. The molecule has 2 aromatic carbocycles. The van der Waals surface area contributed by atoms with Crippen LogP contribution in [0.25, 0.3) is 16.9 Å². The zero-order valence-corrected chi connectivity index (χ0v) is 21.7. The number of carbonyl (C=O) groups is 1. The van der Waals surface area contributed by atoms with Crippen molar-refractivity contribution in [1.82, 2.24) is 24.3 Å². The Kier molecular flexibility index (Phi) is 6.44. The lowest BCUT2D eigenvalue weighted by Gasteiger charge is -2.14. The molecule has 3 heterocycles. The summed E-state index contributed by atoms with van der Waals surface area (Å²) in [5, 5.41) is 4.72. The van der Waals surface area contributed by atoms with Crippen molar-refractivity contribution in [3.63, 3.8) is 0 Å². The molecule has 0 aliphatic rings. The number of nitrogens with zero attached hydrogens (tertiary/aromatic N) is 4. The molecular weight excluding hydrogens is 485 g/mol. The lowest BCUT2D eigenvalue weighted by molar-refractivity contribution is -0.117. The Morgan fingerprint density at radius 1 is 1.03 bits per heavy atom. The Morgan fingerprint density at radius 3 is 2.42 bits per heavy atom. The van der Waals surface area contributed by atoms with Crippen molar-refractivity contribution < 1.29 is 13.9 Å². The van der Waals surface area contributed by atoms with E-state index in [1.165, 1.54) is 16.7 Å². The summed E-state index contributed by atoms with van der Waals surface area (Å²) in [6.45, 7) is 6.19. The van der Waals surface area contributed by atoms with E-state index < -0.39 is 0 Å². The summed E-state index contributed by atoms with van der Waals surface area (Å²) in [5.41, 5.74) is 3.72. The van der Waals surface area contributed by atoms with Gasteiger partial charge in [0.05, 0.1) is 17.1 Å². The SMILES string of the molecule is Cn1c(=O)[nH]c2nccc(Oc3ccc(CC(=O)Cc4cc(C(C)(C)C)nn4-c4ccc(F)cc4)cc3)c21. The molecule has 3 aromatic heterocycles. The maximum absolute atomic E-state index is 13.5. The number of benzene rings is 2. The van der Waals surface area contributed by atoms with Crippen molar-refractivity contribution in [3.05, 3.63) is 100 Å². The van der Waals surface area contributed by atoms with E-state index in [9.17, 15) is 14.0 Å². The average molecular weight is 514 g/mol. The Morgan fingerprint density at radius 2 is 1.74 bits per heavy atom. The van der Waals surface area contributed by atoms with E-state index in [-0.39, 0.29) is 35.5 Å².